The van der Waals surface area contributed by atoms with Crippen molar-refractivity contribution in [3.8, 4) is 0 Å². The van der Waals surface area contributed by atoms with Crippen LogP contribution in [-0.4, -0.2) is 17.4 Å². The zero-order valence-corrected chi connectivity index (χ0v) is 12.1. The minimum Gasteiger partial charge on any atom is -0.397 e. The number of aromatic nitrogens is 1. The van der Waals surface area contributed by atoms with E-state index in [1.54, 1.807) is 6.07 Å². The van der Waals surface area contributed by atoms with E-state index in [0.717, 1.165) is 24.8 Å². The third-order valence-corrected chi connectivity index (χ3v) is 4.15. The van der Waals surface area contributed by atoms with E-state index in [4.69, 9.17) is 11.5 Å². The SMILES string of the molecule is CC1CCC(CCNc2ncc(N)cc2C(N)=O)CC1. The van der Waals surface area contributed by atoms with Gasteiger partial charge < -0.3 is 16.8 Å². The average Bonchev–Trinajstić information content (AvgIpc) is 2.42. The molecule has 0 aromatic carbocycles. The Morgan fingerprint density at radius 1 is 1.40 bits per heavy atom. The maximum atomic E-state index is 11.4. The molecule has 110 valence electrons. The Labute approximate surface area is 120 Å². The smallest absolute Gasteiger partial charge is 0.252 e. The predicted octanol–water partition coefficient (Wildman–Crippen LogP) is 2.39. The number of carbonyl (C=O) groups is 1. The first-order chi connectivity index (χ1) is 9.56. The first kappa shape index (κ1) is 14.6. The van der Waals surface area contributed by atoms with Gasteiger partial charge >= 0.3 is 0 Å². The molecule has 0 aliphatic heterocycles. The molecule has 1 aliphatic carbocycles. The molecule has 0 unspecified atom stereocenters. The number of nitrogens with two attached hydrogens (primary N) is 2. The number of hydrogen-bond acceptors (Lipinski definition) is 4. The van der Waals surface area contributed by atoms with Crippen molar-refractivity contribution in [2.24, 2.45) is 17.6 Å². The van der Waals surface area contributed by atoms with Crippen molar-refractivity contribution in [2.75, 3.05) is 17.6 Å². The van der Waals surface area contributed by atoms with Gasteiger partial charge in [0.2, 0.25) is 0 Å². The summed E-state index contributed by atoms with van der Waals surface area (Å²) in [4.78, 5) is 15.5. The summed E-state index contributed by atoms with van der Waals surface area (Å²) in [6.45, 7) is 3.14. The van der Waals surface area contributed by atoms with E-state index >= 15 is 0 Å². The number of rotatable bonds is 5. The van der Waals surface area contributed by atoms with Gasteiger partial charge in [-0.05, 0) is 24.3 Å². The fourth-order valence-electron chi connectivity index (χ4n) is 2.82. The van der Waals surface area contributed by atoms with Crippen LogP contribution in [0.15, 0.2) is 12.3 Å². The van der Waals surface area contributed by atoms with Gasteiger partial charge in [0.15, 0.2) is 0 Å². The van der Waals surface area contributed by atoms with E-state index in [2.05, 4.69) is 17.2 Å². The minimum atomic E-state index is -0.501. The minimum absolute atomic E-state index is 0.363. The van der Waals surface area contributed by atoms with Gasteiger partial charge in [0, 0.05) is 6.54 Å². The number of carbonyl (C=O) groups excluding carboxylic acids is 1. The van der Waals surface area contributed by atoms with Gasteiger partial charge in [-0.15, -0.1) is 0 Å². The van der Waals surface area contributed by atoms with Crippen molar-refractivity contribution in [3.63, 3.8) is 0 Å². The summed E-state index contributed by atoms with van der Waals surface area (Å²) >= 11 is 0. The zero-order chi connectivity index (χ0) is 14.5. The Kier molecular flexibility index (Phi) is 4.82. The predicted molar refractivity (Wildman–Crippen MR) is 81.4 cm³/mol. The lowest BCUT2D eigenvalue weighted by Crippen LogP contribution is -2.19. The molecular formula is C15H24N4O. The number of nitrogens with one attached hydrogen (secondary N) is 1. The van der Waals surface area contributed by atoms with Gasteiger partial charge in [0.25, 0.3) is 5.91 Å². The highest BCUT2D eigenvalue weighted by atomic mass is 16.1. The van der Waals surface area contributed by atoms with E-state index in [9.17, 15) is 4.79 Å². The molecule has 0 atom stereocenters. The Morgan fingerprint density at radius 3 is 2.75 bits per heavy atom. The van der Waals surface area contributed by atoms with Gasteiger partial charge in [0.1, 0.15) is 5.82 Å². The molecule has 1 saturated carbocycles. The lowest BCUT2D eigenvalue weighted by molar-refractivity contribution is 0.100. The van der Waals surface area contributed by atoms with Crippen molar-refractivity contribution >= 4 is 17.4 Å². The Hall–Kier alpha value is -1.78. The molecule has 0 radical (unpaired) electrons. The lowest BCUT2D eigenvalue weighted by Gasteiger charge is -2.26. The van der Waals surface area contributed by atoms with Crippen LogP contribution in [0.1, 0.15) is 49.4 Å². The normalized spacial score (nSPS) is 22.4. The number of nitrogens with zero attached hydrogens (tertiary/aromatic N) is 1. The third kappa shape index (κ3) is 3.85. The lowest BCUT2D eigenvalue weighted by atomic mass is 9.81. The van der Waals surface area contributed by atoms with Crippen LogP contribution in [0.25, 0.3) is 0 Å². The molecule has 1 aromatic heterocycles. The van der Waals surface area contributed by atoms with Crippen LogP contribution in [0.3, 0.4) is 0 Å². The van der Waals surface area contributed by atoms with Crippen LogP contribution < -0.4 is 16.8 Å². The van der Waals surface area contributed by atoms with Crippen molar-refractivity contribution in [1.82, 2.24) is 4.98 Å². The van der Waals surface area contributed by atoms with Crippen LogP contribution in [0.2, 0.25) is 0 Å². The standard InChI is InChI=1S/C15H24N4O/c1-10-2-4-11(5-3-10)6-7-18-15-13(14(17)20)8-12(16)9-19-15/h8-11H,2-7,16H2,1H3,(H2,17,20)(H,18,19). The van der Waals surface area contributed by atoms with Gasteiger partial charge in [0.05, 0.1) is 17.4 Å². The van der Waals surface area contributed by atoms with Crippen LogP contribution in [0.5, 0.6) is 0 Å². The molecule has 0 bridgehead atoms. The Bertz CT molecular complexity index is 467. The second-order valence-electron chi connectivity index (χ2n) is 5.87. The highest BCUT2D eigenvalue weighted by Crippen LogP contribution is 2.30. The summed E-state index contributed by atoms with van der Waals surface area (Å²) in [6, 6.07) is 1.57. The maximum absolute atomic E-state index is 11.4. The summed E-state index contributed by atoms with van der Waals surface area (Å²) < 4.78 is 0. The molecule has 1 amide bonds. The molecule has 5 N–H and O–H groups in total. The van der Waals surface area contributed by atoms with Gasteiger partial charge in [-0.1, -0.05) is 32.6 Å². The molecule has 2 rings (SSSR count). The van der Waals surface area contributed by atoms with Crippen molar-refractivity contribution in [2.45, 2.75) is 39.0 Å². The fourth-order valence-corrected chi connectivity index (χ4v) is 2.82. The molecule has 5 heteroatoms. The summed E-state index contributed by atoms with van der Waals surface area (Å²) in [5.41, 5.74) is 11.8. The monoisotopic (exact) mass is 276 g/mol. The highest BCUT2D eigenvalue weighted by Gasteiger charge is 2.18. The molecule has 1 fully saturated rings. The van der Waals surface area contributed by atoms with Crippen molar-refractivity contribution < 1.29 is 4.79 Å². The molecule has 1 aliphatic rings. The second kappa shape index (κ2) is 6.59. The summed E-state index contributed by atoms with van der Waals surface area (Å²) in [5.74, 6) is 1.69. The summed E-state index contributed by atoms with van der Waals surface area (Å²) in [7, 11) is 0. The van der Waals surface area contributed by atoms with Crippen LogP contribution >= 0.6 is 0 Å². The highest BCUT2D eigenvalue weighted by molar-refractivity contribution is 5.98. The molecule has 5 nitrogen and oxygen atoms in total. The summed E-state index contributed by atoms with van der Waals surface area (Å²) in [5, 5.41) is 3.21. The van der Waals surface area contributed by atoms with Crippen molar-refractivity contribution in [1.29, 1.82) is 0 Å². The largest absolute Gasteiger partial charge is 0.397 e. The molecular weight excluding hydrogens is 252 g/mol. The topological polar surface area (TPSA) is 94.0 Å². The molecule has 0 saturated heterocycles. The van der Waals surface area contributed by atoms with E-state index < -0.39 is 5.91 Å². The zero-order valence-electron chi connectivity index (χ0n) is 12.1. The van der Waals surface area contributed by atoms with Gasteiger partial charge in [-0.25, -0.2) is 4.98 Å². The van der Waals surface area contributed by atoms with Gasteiger partial charge in [-0.2, -0.15) is 0 Å². The fraction of sp³-hybridized carbons (Fsp3) is 0.600. The van der Waals surface area contributed by atoms with Crippen molar-refractivity contribution in [3.05, 3.63) is 17.8 Å². The van der Waals surface area contributed by atoms with E-state index in [-0.39, 0.29) is 0 Å². The Morgan fingerprint density at radius 2 is 2.10 bits per heavy atom. The Balaban J connectivity index is 1.86. The van der Waals surface area contributed by atoms with E-state index in [0.29, 0.717) is 17.1 Å². The number of anilines is 2. The quantitative estimate of drug-likeness (QED) is 0.769. The van der Waals surface area contributed by atoms with Crippen LogP contribution in [0.4, 0.5) is 11.5 Å². The first-order valence-electron chi connectivity index (χ1n) is 7.35. The summed E-state index contributed by atoms with van der Waals surface area (Å²) in [6.07, 6.45) is 7.92. The molecule has 20 heavy (non-hydrogen) atoms. The number of nitrogen functional groups attached to an aromatic ring is 1. The van der Waals surface area contributed by atoms with E-state index in [1.165, 1.54) is 31.9 Å². The number of pyridine rings is 1. The van der Waals surface area contributed by atoms with Crippen LogP contribution in [-0.2, 0) is 0 Å². The molecule has 1 heterocycles. The average molecular weight is 276 g/mol. The number of amides is 1. The second-order valence-corrected chi connectivity index (χ2v) is 5.87. The van der Waals surface area contributed by atoms with E-state index in [1.807, 2.05) is 0 Å². The van der Waals surface area contributed by atoms with Gasteiger partial charge in [-0.3, -0.25) is 4.79 Å². The third-order valence-electron chi connectivity index (χ3n) is 4.15. The van der Waals surface area contributed by atoms with Crippen LogP contribution in [0, 0.1) is 11.8 Å². The maximum Gasteiger partial charge on any atom is 0.252 e. The number of primary amides is 1. The molecule has 1 aromatic rings. The number of hydrogen-bond donors (Lipinski definition) is 3. The first-order valence-corrected chi connectivity index (χ1v) is 7.35. The molecule has 0 spiro atoms.